The van der Waals surface area contributed by atoms with E-state index >= 15 is 0 Å². The lowest BCUT2D eigenvalue weighted by Crippen LogP contribution is -2.60. The van der Waals surface area contributed by atoms with Gasteiger partial charge in [0.25, 0.3) is 0 Å². The summed E-state index contributed by atoms with van der Waals surface area (Å²) in [6.07, 6.45) is 2.34. The van der Waals surface area contributed by atoms with E-state index in [4.69, 9.17) is 19.3 Å². The lowest BCUT2D eigenvalue weighted by Gasteiger charge is -2.52. The van der Waals surface area contributed by atoms with Gasteiger partial charge in [-0.15, -0.1) is 0 Å². The fourth-order valence-corrected chi connectivity index (χ4v) is 5.55. The van der Waals surface area contributed by atoms with E-state index in [1.807, 2.05) is 12.1 Å². The van der Waals surface area contributed by atoms with Crippen LogP contribution in [-0.4, -0.2) is 35.8 Å². The van der Waals surface area contributed by atoms with Gasteiger partial charge in [-0.25, -0.2) is 5.01 Å². The molecule has 5 nitrogen and oxygen atoms in total. The minimum Gasteiger partial charge on any atom is -0.493 e. The van der Waals surface area contributed by atoms with E-state index in [0.29, 0.717) is 6.61 Å². The highest BCUT2D eigenvalue weighted by molar-refractivity contribution is 6.04. The van der Waals surface area contributed by atoms with Crippen molar-refractivity contribution in [3.05, 3.63) is 71.8 Å². The third kappa shape index (κ3) is 2.99. The van der Waals surface area contributed by atoms with Crippen molar-refractivity contribution in [2.75, 3.05) is 13.7 Å². The molecule has 1 saturated heterocycles. The first-order valence-electron chi connectivity index (χ1n) is 11.3. The molecule has 164 valence electrons. The van der Waals surface area contributed by atoms with Crippen LogP contribution in [0.4, 0.5) is 0 Å². The predicted molar refractivity (Wildman–Crippen MR) is 125 cm³/mol. The predicted octanol–water partition coefficient (Wildman–Crippen LogP) is 5.68. The van der Waals surface area contributed by atoms with Crippen molar-refractivity contribution in [1.82, 2.24) is 5.01 Å². The molecule has 3 aromatic rings. The molecule has 3 aliphatic heterocycles. The Hall–Kier alpha value is -3.05. The van der Waals surface area contributed by atoms with Gasteiger partial charge in [-0.3, -0.25) is 0 Å². The molecule has 5 heteroatoms. The maximum Gasteiger partial charge on any atom is 0.203 e. The van der Waals surface area contributed by atoms with Crippen LogP contribution in [0, 0.1) is 0 Å². The maximum absolute atomic E-state index is 6.80. The van der Waals surface area contributed by atoms with E-state index in [-0.39, 0.29) is 11.6 Å². The van der Waals surface area contributed by atoms with Gasteiger partial charge in [0.15, 0.2) is 11.5 Å². The van der Waals surface area contributed by atoms with Gasteiger partial charge in [0.05, 0.1) is 31.1 Å². The van der Waals surface area contributed by atoms with Crippen molar-refractivity contribution < 1.29 is 14.2 Å². The average Bonchev–Trinajstić information content (AvgIpc) is 3.25. The van der Waals surface area contributed by atoms with Crippen LogP contribution >= 0.6 is 0 Å². The number of rotatable bonds is 2. The van der Waals surface area contributed by atoms with Gasteiger partial charge >= 0.3 is 0 Å². The van der Waals surface area contributed by atoms with E-state index in [9.17, 15) is 0 Å². The van der Waals surface area contributed by atoms with Crippen LogP contribution in [0.1, 0.15) is 50.3 Å². The summed E-state index contributed by atoms with van der Waals surface area (Å²) < 4.78 is 18.6. The zero-order valence-electron chi connectivity index (χ0n) is 18.8. The molecule has 6 rings (SSSR count). The second-order valence-corrected chi connectivity index (χ2v) is 9.63. The lowest BCUT2D eigenvalue weighted by atomic mass is 9.86. The van der Waals surface area contributed by atoms with Gasteiger partial charge in [-0.1, -0.05) is 48.5 Å². The number of para-hydroxylation sites is 1. The molecule has 0 bridgehead atoms. The van der Waals surface area contributed by atoms with Gasteiger partial charge in [0.2, 0.25) is 5.72 Å². The summed E-state index contributed by atoms with van der Waals surface area (Å²) in [5.74, 6) is 1.63. The first-order chi connectivity index (χ1) is 15.5. The summed E-state index contributed by atoms with van der Waals surface area (Å²) in [6.45, 7) is 4.91. The molecule has 0 saturated carbocycles. The summed E-state index contributed by atoms with van der Waals surface area (Å²) in [4.78, 5) is 0. The number of methoxy groups -OCH3 is 1. The minimum atomic E-state index is -0.549. The van der Waals surface area contributed by atoms with Crippen LogP contribution in [0.25, 0.3) is 10.8 Å². The maximum atomic E-state index is 6.80. The zero-order chi connectivity index (χ0) is 21.9. The molecule has 0 unspecified atom stereocenters. The highest BCUT2D eigenvalue weighted by atomic mass is 16.6. The normalized spacial score (nSPS) is 25.8. The molecule has 0 aliphatic carbocycles. The van der Waals surface area contributed by atoms with Gasteiger partial charge in [0, 0.05) is 24.8 Å². The van der Waals surface area contributed by atoms with E-state index in [2.05, 4.69) is 67.4 Å². The molecule has 0 aromatic heterocycles. The SMILES string of the molecule is COc1cccc2c1O[C@@]1(CCOC(C)(C)C1)N1N=C(c3ccc4ccccc4c3)C[C@H]21. The van der Waals surface area contributed by atoms with E-state index in [1.165, 1.54) is 16.3 Å². The van der Waals surface area contributed by atoms with Crippen molar-refractivity contribution in [2.45, 2.75) is 50.5 Å². The Bertz CT molecular complexity index is 1230. The number of ether oxygens (including phenoxy) is 3. The lowest BCUT2D eigenvalue weighted by molar-refractivity contribution is -0.212. The first kappa shape index (κ1) is 19.6. The minimum absolute atomic E-state index is 0.115. The van der Waals surface area contributed by atoms with Crippen LogP contribution in [0.2, 0.25) is 0 Å². The Morgan fingerprint density at radius 3 is 2.69 bits per heavy atom. The smallest absolute Gasteiger partial charge is 0.203 e. The molecule has 3 heterocycles. The summed E-state index contributed by atoms with van der Waals surface area (Å²) in [7, 11) is 1.71. The Balaban J connectivity index is 1.48. The molecule has 0 amide bonds. The fraction of sp³-hybridized carbons (Fsp3) is 0.370. The molecular formula is C27H28N2O3. The summed E-state index contributed by atoms with van der Waals surface area (Å²) >= 11 is 0. The number of benzene rings is 3. The van der Waals surface area contributed by atoms with Crippen molar-refractivity contribution in [3.63, 3.8) is 0 Å². The molecule has 0 radical (unpaired) electrons. The average molecular weight is 429 g/mol. The van der Waals surface area contributed by atoms with Crippen LogP contribution in [-0.2, 0) is 4.74 Å². The second kappa shape index (κ2) is 6.97. The molecule has 3 aromatic carbocycles. The van der Waals surface area contributed by atoms with E-state index in [0.717, 1.165) is 42.0 Å². The number of nitrogens with zero attached hydrogens (tertiary/aromatic N) is 2. The summed E-state index contributed by atoms with van der Waals surface area (Å²) in [5, 5.41) is 9.92. The fourth-order valence-electron chi connectivity index (χ4n) is 5.55. The van der Waals surface area contributed by atoms with Gasteiger partial charge in [0.1, 0.15) is 0 Å². The molecule has 1 fully saturated rings. The topological polar surface area (TPSA) is 43.3 Å². The Kier molecular flexibility index (Phi) is 4.28. The third-order valence-corrected chi connectivity index (χ3v) is 6.98. The van der Waals surface area contributed by atoms with E-state index in [1.54, 1.807) is 7.11 Å². The van der Waals surface area contributed by atoms with Gasteiger partial charge in [-0.05, 0) is 42.3 Å². The van der Waals surface area contributed by atoms with Crippen molar-refractivity contribution in [3.8, 4) is 11.5 Å². The van der Waals surface area contributed by atoms with Crippen molar-refractivity contribution >= 4 is 16.5 Å². The quantitative estimate of drug-likeness (QED) is 0.527. The summed E-state index contributed by atoms with van der Waals surface area (Å²) in [5.41, 5.74) is 2.57. The molecule has 2 atom stereocenters. The third-order valence-electron chi connectivity index (χ3n) is 6.98. The highest BCUT2D eigenvalue weighted by Crippen LogP contribution is 2.54. The van der Waals surface area contributed by atoms with Crippen LogP contribution in [0.3, 0.4) is 0 Å². The van der Waals surface area contributed by atoms with Gasteiger partial charge in [-0.2, -0.15) is 5.10 Å². The Labute approximate surface area is 188 Å². The zero-order valence-corrected chi connectivity index (χ0v) is 18.8. The largest absolute Gasteiger partial charge is 0.493 e. The van der Waals surface area contributed by atoms with Crippen LogP contribution < -0.4 is 9.47 Å². The standard InChI is InChI=1S/C27H28N2O3/c1-26(2)17-27(13-14-31-26)29-23(21-9-6-10-24(30-3)25(21)32-27)16-22(28-29)20-12-11-18-7-4-5-8-19(18)15-20/h4-12,15,23H,13-14,16-17H2,1-3H3/t23-,27-/m1/s1. The number of hydrogen-bond acceptors (Lipinski definition) is 5. The molecule has 1 spiro atoms. The van der Waals surface area contributed by atoms with Crippen LogP contribution in [0.15, 0.2) is 65.8 Å². The monoisotopic (exact) mass is 428 g/mol. The Morgan fingerprint density at radius 1 is 1.03 bits per heavy atom. The van der Waals surface area contributed by atoms with Crippen LogP contribution in [0.5, 0.6) is 11.5 Å². The highest BCUT2D eigenvalue weighted by Gasteiger charge is 2.55. The molecule has 0 N–H and O–H groups in total. The number of fused-ring (bicyclic) bond motifs is 5. The summed E-state index contributed by atoms with van der Waals surface area (Å²) in [6, 6.07) is 21.4. The number of hydrazone groups is 1. The Morgan fingerprint density at radius 2 is 1.88 bits per heavy atom. The van der Waals surface area contributed by atoms with Crippen molar-refractivity contribution in [2.24, 2.45) is 5.10 Å². The molecular weight excluding hydrogens is 400 g/mol. The first-order valence-corrected chi connectivity index (χ1v) is 11.3. The molecule has 32 heavy (non-hydrogen) atoms. The van der Waals surface area contributed by atoms with E-state index < -0.39 is 5.72 Å². The molecule has 3 aliphatic rings. The van der Waals surface area contributed by atoms with Crippen molar-refractivity contribution in [1.29, 1.82) is 0 Å². The van der Waals surface area contributed by atoms with Gasteiger partial charge < -0.3 is 14.2 Å². The number of hydrogen-bond donors (Lipinski definition) is 0. The second-order valence-electron chi connectivity index (χ2n) is 9.63.